The molecular formula is C26H33FN6O3. The van der Waals surface area contributed by atoms with Crippen LogP contribution in [0.3, 0.4) is 0 Å². The molecule has 5 heterocycles. The van der Waals surface area contributed by atoms with Crippen LogP contribution in [0.2, 0.25) is 0 Å². The zero-order chi connectivity index (χ0) is 25.0. The number of likely N-dealkylation sites (tertiary alicyclic amines) is 1. The van der Waals surface area contributed by atoms with E-state index in [4.69, 9.17) is 4.52 Å². The van der Waals surface area contributed by atoms with E-state index in [0.717, 1.165) is 62.7 Å². The molecule has 3 aliphatic rings. The van der Waals surface area contributed by atoms with Gasteiger partial charge in [0.2, 0.25) is 11.8 Å². The van der Waals surface area contributed by atoms with Crippen molar-refractivity contribution in [1.29, 1.82) is 0 Å². The molecule has 36 heavy (non-hydrogen) atoms. The third-order valence-corrected chi connectivity index (χ3v) is 8.38. The molecule has 3 atom stereocenters. The van der Waals surface area contributed by atoms with Crippen molar-refractivity contribution in [2.45, 2.75) is 82.3 Å². The fraction of sp³-hybridized carbons (Fsp3) is 0.615. The van der Waals surface area contributed by atoms with E-state index >= 15 is 0 Å². The molecule has 3 saturated heterocycles. The molecule has 0 unspecified atom stereocenters. The molecule has 6 rings (SSSR count). The second-order valence-electron chi connectivity index (χ2n) is 10.8. The maximum Gasteiger partial charge on any atom is 0.291 e. The minimum absolute atomic E-state index is 0.128. The predicted octanol–water partition coefficient (Wildman–Crippen LogP) is 3.36. The number of aromatic nitrogens is 4. The molecule has 0 radical (unpaired) electrons. The molecule has 192 valence electrons. The Hall–Kier alpha value is -2.85. The lowest BCUT2D eigenvalue weighted by atomic mass is 9.91. The van der Waals surface area contributed by atoms with Crippen molar-refractivity contribution in [2.24, 2.45) is 0 Å². The van der Waals surface area contributed by atoms with Gasteiger partial charge in [-0.2, -0.15) is 14.8 Å². The van der Waals surface area contributed by atoms with Crippen LogP contribution in [0.5, 0.6) is 0 Å². The summed E-state index contributed by atoms with van der Waals surface area (Å²) >= 11 is 0. The van der Waals surface area contributed by atoms with Crippen molar-refractivity contribution in [3.8, 4) is 5.95 Å². The molecule has 10 heteroatoms. The van der Waals surface area contributed by atoms with Gasteiger partial charge in [-0.25, -0.2) is 4.39 Å². The summed E-state index contributed by atoms with van der Waals surface area (Å²) in [6.45, 7) is 5.56. The van der Waals surface area contributed by atoms with Gasteiger partial charge in [0.1, 0.15) is 17.9 Å². The molecule has 0 saturated carbocycles. The normalized spacial score (nSPS) is 25.4. The number of carbonyl (C=O) groups is 1. The van der Waals surface area contributed by atoms with Crippen molar-refractivity contribution >= 4 is 16.8 Å². The predicted molar refractivity (Wildman–Crippen MR) is 130 cm³/mol. The number of para-hydroxylation sites is 1. The van der Waals surface area contributed by atoms with Crippen molar-refractivity contribution in [2.75, 3.05) is 19.7 Å². The topological polar surface area (TPSA) is 101 Å². The van der Waals surface area contributed by atoms with E-state index < -0.39 is 6.61 Å². The fourth-order valence-corrected chi connectivity index (χ4v) is 6.65. The number of hydrogen-bond acceptors (Lipinski definition) is 7. The maximum atomic E-state index is 14.8. The number of hydrogen-bond donors (Lipinski definition) is 1. The second kappa shape index (κ2) is 9.23. The lowest BCUT2D eigenvalue weighted by Crippen LogP contribution is -2.54. The zero-order valence-corrected chi connectivity index (χ0v) is 20.8. The van der Waals surface area contributed by atoms with Crippen LogP contribution in [-0.4, -0.2) is 78.6 Å². The first kappa shape index (κ1) is 23.5. The molecule has 2 aromatic heterocycles. The number of rotatable bonds is 5. The summed E-state index contributed by atoms with van der Waals surface area (Å²) in [6.07, 6.45) is 5.86. The minimum atomic E-state index is -0.394. The Morgan fingerprint density at radius 1 is 1.14 bits per heavy atom. The van der Waals surface area contributed by atoms with Gasteiger partial charge in [0.25, 0.3) is 5.95 Å². The first-order valence-corrected chi connectivity index (χ1v) is 13.1. The number of aliphatic hydroxyl groups is 1. The van der Waals surface area contributed by atoms with E-state index in [9.17, 15) is 14.3 Å². The first-order chi connectivity index (χ1) is 17.4. The molecular weight excluding hydrogens is 463 g/mol. The number of aliphatic hydroxyl groups excluding tert-OH is 1. The highest BCUT2D eigenvalue weighted by molar-refractivity contribution is 5.84. The summed E-state index contributed by atoms with van der Waals surface area (Å²) in [7, 11) is 0. The van der Waals surface area contributed by atoms with Crippen molar-refractivity contribution in [1.82, 2.24) is 29.7 Å². The first-order valence-electron chi connectivity index (χ1n) is 13.1. The number of halogens is 1. The van der Waals surface area contributed by atoms with Gasteiger partial charge in [-0.05, 0) is 68.8 Å². The second-order valence-corrected chi connectivity index (χ2v) is 10.8. The third kappa shape index (κ3) is 3.91. The van der Waals surface area contributed by atoms with Gasteiger partial charge < -0.3 is 19.4 Å². The van der Waals surface area contributed by atoms with Crippen LogP contribution in [0.25, 0.3) is 16.9 Å². The van der Waals surface area contributed by atoms with Crippen molar-refractivity contribution in [3.05, 3.63) is 35.6 Å². The van der Waals surface area contributed by atoms with Crippen molar-refractivity contribution < 1.29 is 18.8 Å². The smallest absolute Gasteiger partial charge is 0.291 e. The number of carbonyl (C=O) groups excluding carboxylic acids is 1. The van der Waals surface area contributed by atoms with Crippen LogP contribution in [-0.2, 0) is 4.79 Å². The molecule has 1 amide bonds. The summed E-state index contributed by atoms with van der Waals surface area (Å²) < 4.78 is 21.9. The molecule has 9 nitrogen and oxygen atoms in total. The van der Waals surface area contributed by atoms with Crippen LogP contribution in [0.15, 0.2) is 22.7 Å². The van der Waals surface area contributed by atoms with E-state index in [-0.39, 0.29) is 41.6 Å². The third-order valence-electron chi connectivity index (χ3n) is 8.38. The Balaban J connectivity index is 1.14. The summed E-state index contributed by atoms with van der Waals surface area (Å²) in [5.41, 5.74) is 1.19. The molecule has 0 aliphatic carbocycles. The van der Waals surface area contributed by atoms with Gasteiger partial charge in [0, 0.05) is 29.4 Å². The van der Waals surface area contributed by atoms with E-state index in [1.54, 1.807) is 6.07 Å². The standard InChI is InChI=1S/C26H33FN6O3/c1-15(2)23-20-4-3-5-21(27)24(20)33(29-23)26-28-25(36-30-26)16-8-10-31(11-9-16)19-12-17-6-7-18(13-19)32(17)22(35)14-34/h3-5,15-19,34H,6-14H2,1-2H3/t17-,18+,19-. The van der Waals surface area contributed by atoms with Gasteiger partial charge in [-0.3, -0.25) is 4.79 Å². The summed E-state index contributed by atoms with van der Waals surface area (Å²) in [6, 6.07) is 5.99. The van der Waals surface area contributed by atoms with E-state index in [2.05, 4.69) is 20.1 Å². The number of benzene rings is 1. The Labute approximate surface area is 209 Å². The Morgan fingerprint density at radius 2 is 1.86 bits per heavy atom. The van der Waals surface area contributed by atoms with Crippen LogP contribution in [0, 0.1) is 5.82 Å². The van der Waals surface area contributed by atoms with Crippen LogP contribution in [0.4, 0.5) is 4.39 Å². The van der Waals surface area contributed by atoms with Gasteiger partial charge in [0.15, 0.2) is 0 Å². The SMILES string of the molecule is CC(C)c1nn(-c2noc(C3CCN([C@@H]4C[C@H]5CC[C@@H](C4)N5C(=O)CO)CC3)n2)c2c(F)cccc12. The van der Waals surface area contributed by atoms with Crippen molar-refractivity contribution in [3.63, 3.8) is 0 Å². The van der Waals surface area contributed by atoms with Crippen LogP contribution >= 0.6 is 0 Å². The van der Waals surface area contributed by atoms with E-state index in [1.807, 2.05) is 24.8 Å². The number of nitrogens with zero attached hydrogens (tertiary/aromatic N) is 6. The summed E-state index contributed by atoms with van der Waals surface area (Å²) in [4.78, 5) is 21.3. The average molecular weight is 497 g/mol. The highest BCUT2D eigenvalue weighted by atomic mass is 19.1. The quantitative estimate of drug-likeness (QED) is 0.578. The molecule has 3 fully saturated rings. The minimum Gasteiger partial charge on any atom is -0.387 e. The van der Waals surface area contributed by atoms with Gasteiger partial charge in [-0.1, -0.05) is 26.0 Å². The maximum absolute atomic E-state index is 14.8. The number of fused-ring (bicyclic) bond motifs is 3. The average Bonchev–Trinajstić information content (AvgIpc) is 3.58. The van der Waals surface area contributed by atoms with Crippen LogP contribution < -0.4 is 0 Å². The lowest BCUT2D eigenvalue weighted by molar-refractivity contribution is -0.139. The monoisotopic (exact) mass is 496 g/mol. The van der Waals surface area contributed by atoms with Gasteiger partial charge >= 0.3 is 0 Å². The largest absolute Gasteiger partial charge is 0.387 e. The van der Waals surface area contributed by atoms with E-state index in [0.29, 0.717) is 17.4 Å². The highest BCUT2D eigenvalue weighted by Crippen LogP contribution is 2.39. The fourth-order valence-electron chi connectivity index (χ4n) is 6.65. The lowest BCUT2D eigenvalue weighted by Gasteiger charge is -2.45. The Bertz CT molecular complexity index is 1250. The Morgan fingerprint density at radius 3 is 2.53 bits per heavy atom. The molecule has 1 aromatic carbocycles. The van der Waals surface area contributed by atoms with E-state index in [1.165, 1.54) is 10.7 Å². The van der Waals surface area contributed by atoms with Gasteiger partial charge in [-0.15, -0.1) is 0 Å². The number of amides is 1. The van der Waals surface area contributed by atoms with Crippen LogP contribution in [0.1, 0.15) is 75.8 Å². The molecule has 3 aromatic rings. The molecule has 0 spiro atoms. The summed E-state index contributed by atoms with van der Waals surface area (Å²) in [5, 5.41) is 18.9. The van der Waals surface area contributed by atoms with Gasteiger partial charge in [0.05, 0.1) is 5.69 Å². The molecule has 3 aliphatic heterocycles. The molecule has 1 N–H and O–H groups in total. The number of piperidine rings is 2. The highest BCUT2D eigenvalue weighted by Gasteiger charge is 2.45. The Kier molecular flexibility index (Phi) is 6.03. The summed E-state index contributed by atoms with van der Waals surface area (Å²) in [5.74, 6) is 0.664. The zero-order valence-electron chi connectivity index (χ0n) is 20.8. The molecule has 2 bridgehead atoms.